The van der Waals surface area contributed by atoms with Crippen molar-refractivity contribution in [1.29, 1.82) is 5.26 Å². The van der Waals surface area contributed by atoms with Crippen molar-refractivity contribution in [2.45, 2.75) is 75.3 Å². The maximum absolute atomic E-state index is 15.6. The molecule has 5 rings (SSSR count). The van der Waals surface area contributed by atoms with Gasteiger partial charge in [-0.2, -0.15) is 5.26 Å². The number of nitrogens with one attached hydrogen (secondary N) is 3. The predicted octanol–water partition coefficient (Wildman–Crippen LogP) is 7.10. The number of amides is 3. The average Bonchev–Trinajstić information content (AvgIpc) is 3.79. The number of benzene rings is 3. The van der Waals surface area contributed by atoms with Crippen LogP contribution in [0.2, 0.25) is 5.02 Å². The number of urea groups is 1. The van der Waals surface area contributed by atoms with Crippen molar-refractivity contribution in [3.8, 4) is 6.07 Å². The molecule has 3 N–H and O–H groups in total. The molecule has 9 nitrogen and oxygen atoms in total. The van der Waals surface area contributed by atoms with E-state index in [0.29, 0.717) is 39.7 Å². The minimum absolute atomic E-state index is 0.0769. The number of anilines is 2. The van der Waals surface area contributed by atoms with Crippen LogP contribution in [0.5, 0.6) is 0 Å². The van der Waals surface area contributed by atoms with Crippen molar-refractivity contribution in [1.82, 2.24) is 9.62 Å². The van der Waals surface area contributed by atoms with Crippen LogP contribution in [0, 0.1) is 23.1 Å². The lowest BCUT2D eigenvalue weighted by molar-refractivity contribution is -0.119. The highest BCUT2D eigenvalue weighted by Gasteiger charge is 2.44. The van der Waals surface area contributed by atoms with Crippen LogP contribution in [0.3, 0.4) is 0 Å². The van der Waals surface area contributed by atoms with Crippen molar-refractivity contribution < 1.29 is 23.3 Å². The summed E-state index contributed by atoms with van der Waals surface area (Å²) < 4.78 is 37.6. The largest absolute Gasteiger partial charge is 0.598 e. The van der Waals surface area contributed by atoms with E-state index in [1.807, 2.05) is 26.8 Å². The van der Waals surface area contributed by atoms with Crippen molar-refractivity contribution in [3.05, 3.63) is 94.3 Å². The maximum Gasteiger partial charge on any atom is 0.322 e. The summed E-state index contributed by atoms with van der Waals surface area (Å²) in [5.41, 5.74) is 1.10. The van der Waals surface area contributed by atoms with Gasteiger partial charge in [0.05, 0.1) is 23.4 Å². The molecule has 2 fully saturated rings. The van der Waals surface area contributed by atoms with E-state index in [0.717, 1.165) is 19.3 Å². The number of hydrogen-bond donors (Lipinski definition) is 3. The number of carbonyl (C=O) groups is 2. The standard InChI is InChI=1S/C36H41ClFN5O4S/c1-35(2,3)48(46)42-36(17-16-23-8-9-23,25-7-5-6-24(18-25)21-39)26-10-15-30(38)31(19-26)41-33(44)32-20-29(47-4)22-43(32)34(45)40-28-13-11-27(37)12-14-28/h5-7,10-15,18-19,23,29,32,42H,8-9,16-17,20,22H2,1-4H3,(H,40,45)(H,41,44)/t29-,32-,36-,48-/m1/s1. The third-order valence-electron chi connectivity index (χ3n) is 8.90. The summed E-state index contributed by atoms with van der Waals surface area (Å²) >= 11 is 4.42. The Morgan fingerprint density at radius 3 is 2.44 bits per heavy atom. The minimum Gasteiger partial charge on any atom is -0.598 e. The normalized spacial score (nSPS) is 19.7. The SMILES string of the molecule is CO[C@@H]1C[C@H](C(=O)Nc2cc([C@](CCC3CC3)(N[S@+]([O-])C(C)(C)C)c3cccc(C#N)c3)ccc2F)N(C(=O)Nc2ccc(Cl)cc2)C1. The molecule has 1 heterocycles. The first kappa shape index (κ1) is 35.6. The Bertz CT molecular complexity index is 1680. The summed E-state index contributed by atoms with van der Waals surface area (Å²) in [5, 5.41) is 15.8. The lowest BCUT2D eigenvalue weighted by Crippen LogP contribution is -2.52. The van der Waals surface area contributed by atoms with E-state index in [4.69, 9.17) is 16.3 Å². The molecule has 1 aliphatic heterocycles. The topological polar surface area (TPSA) is 130 Å². The van der Waals surface area contributed by atoms with Gasteiger partial charge in [-0.25, -0.2) is 9.18 Å². The molecule has 0 bridgehead atoms. The fourth-order valence-corrected chi connectivity index (χ4v) is 6.98. The molecule has 1 saturated carbocycles. The van der Waals surface area contributed by atoms with Crippen molar-refractivity contribution >= 4 is 46.3 Å². The number of hydrogen-bond acceptors (Lipinski definition) is 6. The fourth-order valence-electron chi connectivity index (χ4n) is 5.89. The second-order valence-electron chi connectivity index (χ2n) is 13.4. The molecule has 0 aromatic heterocycles. The van der Waals surface area contributed by atoms with Crippen LogP contribution in [0.1, 0.15) is 69.6 Å². The van der Waals surface area contributed by atoms with Crippen LogP contribution in [0.25, 0.3) is 0 Å². The first-order chi connectivity index (χ1) is 22.8. The summed E-state index contributed by atoms with van der Waals surface area (Å²) in [6, 6.07) is 19.0. The summed E-state index contributed by atoms with van der Waals surface area (Å²) in [6.07, 6.45) is 3.38. The molecule has 254 valence electrons. The molecular weight excluding hydrogens is 653 g/mol. The molecule has 2 aliphatic rings. The Kier molecular flexibility index (Phi) is 11.0. The molecule has 3 amide bonds. The Hall–Kier alpha value is -3.66. The lowest BCUT2D eigenvalue weighted by atomic mass is 9.79. The van der Waals surface area contributed by atoms with Gasteiger partial charge in [-0.3, -0.25) is 4.79 Å². The average molecular weight is 694 g/mol. The second-order valence-corrected chi connectivity index (χ2v) is 15.8. The third kappa shape index (κ3) is 8.31. The predicted molar refractivity (Wildman–Crippen MR) is 186 cm³/mol. The van der Waals surface area contributed by atoms with Crippen molar-refractivity contribution in [2.24, 2.45) is 5.92 Å². The quantitative estimate of drug-likeness (QED) is 0.184. The van der Waals surface area contributed by atoms with Gasteiger partial charge in [0.25, 0.3) is 0 Å². The minimum atomic E-state index is -1.56. The number of likely N-dealkylation sites (tertiary alicyclic amines) is 1. The van der Waals surface area contributed by atoms with Gasteiger partial charge in [0.15, 0.2) is 0 Å². The number of nitrogens with zero attached hydrogens (tertiary/aromatic N) is 2. The molecule has 3 aromatic carbocycles. The number of carbonyl (C=O) groups excluding carboxylic acids is 2. The number of ether oxygens (including phenoxy) is 1. The van der Waals surface area contributed by atoms with Gasteiger partial charge >= 0.3 is 6.03 Å². The van der Waals surface area contributed by atoms with Gasteiger partial charge in [0, 0.05) is 42.1 Å². The Balaban J connectivity index is 1.49. The van der Waals surface area contributed by atoms with Crippen LogP contribution in [0.4, 0.5) is 20.6 Å². The fraction of sp³-hybridized carbons (Fsp3) is 0.417. The Morgan fingerprint density at radius 2 is 1.79 bits per heavy atom. The van der Waals surface area contributed by atoms with E-state index in [9.17, 15) is 19.4 Å². The molecular formula is C36H41ClFN5O4S. The van der Waals surface area contributed by atoms with Gasteiger partial charge in [-0.05, 0) is 99.2 Å². The Morgan fingerprint density at radius 1 is 1.08 bits per heavy atom. The van der Waals surface area contributed by atoms with Crippen LogP contribution in [-0.4, -0.2) is 51.9 Å². The molecule has 12 heteroatoms. The molecule has 0 radical (unpaired) electrons. The summed E-state index contributed by atoms with van der Waals surface area (Å²) in [6.45, 7) is 5.77. The van der Waals surface area contributed by atoms with E-state index in [1.165, 1.54) is 18.1 Å². The van der Waals surface area contributed by atoms with Gasteiger partial charge in [-0.15, -0.1) is 4.72 Å². The van der Waals surface area contributed by atoms with Gasteiger partial charge in [0.1, 0.15) is 22.1 Å². The first-order valence-electron chi connectivity index (χ1n) is 16.0. The summed E-state index contributed by atoms with van der Waals surface area (Å²) in [5.74, 6) is -0.711. The van der Waals surface area contributed by atoms with Gasteiger partial charge in [0.2, 0.25) is 5.91 Å². The molecule has 3 aromatic rings. The van der Waals surface area contributed by atoms with Crippen LogP contribution in [0.15, 0.2) is 66.7 Å². The van der Waals surface area contributed by atoms with Crippen molar-refractivity contribution in [3.63, 3.8) is 0 Å². The van der Waals surface area contributed by atoms with Crippen molar-refractivity contribution in [2.75, 3.05) is 24.3 Å². The zero-order chi connectivity index (χ0) is 34.6. The van der Waals surface area contributed by atoms with Crippen LogP contribution < -0.4 is 15.4 Å². The third-order valence-corrected chi connectivity index (χ3v) is 10.8. The molecule has 0 unspecified atom stereocenters. The number of nitriles is 1. The van der Waals surface area contributed by atoms with E-state index >= 15 is 4.39 Å². The summed E-state index contributed by atoms with van der Waals surface area (Å²) in [4.78, 5) is 28.5. The maximum atomic E-state index is 15.6. The van der Waals surface area contributed by atoms with E-state index < -0.39 is 51.5 Å². The lowest BCUT2D eigenvalue weighted by Gasteiger charge is -2.39. The Labute approximate surface area is 289 Å². The zero-order valence-corrected chi connectivity index (χ0v) is 29.1. The molecule has 4 atom stereocenters. The van der Waals surface area contributed by atoms with Gasteiger partial charge in [-0.1, -0.05) is 42.6 Å². The zero-order valence-electron chi connectivity index (χ0n) is 27.5. The van der Waals surface area contributed by atoms with E-state index in [1.54, 1.807) is 54.6 Å². The highest BCUT2D eigenvalue weighted by molar-refractivity contribution is 7.90. The highest BCUT2D eigenvalue weighted by atomic mass is 35.5. The molecule has 1 saturated heterocycles. The van der Waals surface area contributed by atoms with E-state index in [-0.39, 0.29) is 18.7 Å². The smallest absolute Gasteiger partial charge is 0.322 e. The first-order valence-corrected chi connectivity index (χ1v) is 17.5. The number of halogens is 2. The van der Waals surface area contributed by atoms with Crippen LogP contribution >= 0.6 is 11.6 Å². The highest BCUT2D eigenvalue weighted by Crippen LogP contribution is 2.43. The monoisotopic (exact) mass is 693 g/mol. The molecule has 48 heavy (non-hydrogen) atoms. The number of methoxy groups -OCH3 is 1. The van der Waals surface area contributed by atoms with Gasteiger partial charge < -0.3 is 24.8 Å². The van der Waals surface area contributed by atoms with Crippen LogP contribution in [-0.2, 0) is 26.4 Å². The second kappa shape index (κ2) is 14.8. The number of rotatable bonds is 11. The molecule has 0 spiro atoms. The summed E-state index contributed by atoms with van der Waals surface area (Å²) in [7, 11) is 1.51. The van der Waals surface area contributed by atoms with E-state index in [2.05, 4.69) is 21.4 Å². The molecule has 1 aliphatic carbocycles.